The van der Waals surface area contributed by atoms with Gasteiger partial charge in [-0.05, 0) is 12.8 Å². The van der Waals surface area contributed by atoms with E-state index >= 15 is 0 Å². The van der Waals surface area contributed by atoms with E-state index in [0.717, 1.165) is 30.3 Å². The monoisotopic (exact) mass is 224 g/mol. The molecule has 5 heteroatoms. The smallest absolute Gasteiger partial charge is 0.338 e. The van der Waals surface area contributed by atoms with Crippen molar-refractivity contribution in [1.82, 2.24) is 9.13 Å². The van der Waals surface area contributed by atoms with Crippen molar-refractivity contribution in [3.05, 3.63) is 16.7 Å². The highest BCUT2D eigenvalue weighted by Crippen LogP contribution is 2.27. The van der Waals surface area contributed by atoms with E-state index in [-0.39, 0.29) is 11.9 Å². The minimum atomic E-state index is -0.447. The van der Waals surface area contributed by atoms with Gasteiger partial charge in [0.25, 0.3) is 0 Å². The third-order valence-corrected chi connectivity index (χ3v) is 3.18. The molecule has 1 aliphatic carbocycles. The van der Waals surface area contributed by atoms with Crippen molar-refractivity contribution < 1.29 is 9.90 Å². The van der Waals surface area contributed by atoms with E-state index in [1.54, 1.807) is 0 Å². The SMILES string of the molecule is CC(=O)n1c(O)cn(C2CCCCC2)c1=O. The van der Waals surface area contributed by atoms with E-state index in [1.807, 2.05) is 0 Å². The minimum absolute atomic E-state index is 0.132. The molecule has 1 aliphatic rings. The van der Waals surface area contributed by atoms with Gasteiger partial charge in [-0.3, -0.25) is 9.36 Å². The summed E-state index contributed by atoms with van der Waals surface area (Å²) in [4.78, 5) is 23.0. The number of imidazole rings is 1. The Morgan fingerprint density at radius 3 is 2.50 bits per heavy atom. The van der Waals surface area contributed by atoms with E-state index in [4.69, 9.17) is 0 Å². The molecule has 0 saturated heterocycles. The van der Waals surface area contributed by atoms with Crippen molar-refractivity contribution in [2.75, 3.05) is 0 Å². The predicted octanol–water partition coefficient (Wildman–Crippen LogP) is 1.52. The van der Waals surface area contributed by atoms with Crippen LogP contribution in [0.1, 0.15) is 49.9 Å². The molecule has 0 aliphatic heterocycles. The van der Waals surface area contributed by atoms with Gasteiger partial charge in [0, 0.05) is 13.0 Å². The van der Waals surface area contributed by atoms with E-state index in [9.17, 15) is 14.7 Å². The molecule has 0 bridgehead atoms. The summed E-state index contributed by atoms with van der Waals surface area (Å²) in [6.07, 6.45) is 6.67. The van der Waals surface area contributed by atoms with Gasteiger partial charge in [0.2, 0.25) is 11.8 Å². The Labute approximate surface area is 93.3 Å². The summed E-state index contributed by atoms with van der Waals surface area (Å²) in [5.41, 5.74) is -0.420. The van der Waals surface area contributed by atoms with Crippen LogP contribution in [0.15, 0.2) is 11.0 Å². The summed E-state index contributed by atoms with van der Waals surface area (Å²) in [6.45, 7) is 1.27. The Morgan fingerprint density at radius 1 is 1.38 bits per heavy atom. The number of aromatic hydroxyl groups is 1. The normalized spacial score (nSPS) is 17.6. The minimum Gasteiger partial charge on any atom is -0.493 e. The third-order valence-electron chi connectivity index (χ3n) is 3.18. The van der Waals surface area contributed by atoms with Crippen LogP contribution in [0.2, 0.25) is 0 Å². The van der Waals surface area contributed by atoms with Gasteiger partial charge >= 0.3 is 5.69 Å². The molecule has 0 spiro atoms. The van der Waals surface area contributed by atoms with Gasteiger partial charge in [-0.25, -0.2) is 4.79 Å². The van der Waals surface area contributed by atoms with Gasteiger partial charge in [0.15, 0.2) is 0 Å². The largest absolute Gasteiger partial charge is 0.493 e. The second-order valence-electron chi connectivity index (χ2n) is 4.32. The van der Waals surface area contributed by atoms with Crippen molar-refractivity contribution in [2.24, 2.45) is 0 Å². The van der Waals surface area contributed by atoms with Crippen molar-refractivity contribution in [1.29, 1.82) is 0 Å². The lowest BCUT2D eigenvalue weighted by Gasteiger charge is -2.21. The Hall–Kier alpha value is -1.52. The van der Waals surface area contributed by atoms with Crippen molar-refractivity contribution >= 4 is 5.91 Å². The zero-order valence-electron chi connectivity index (χ0n) is 9.35. The molecule has 1 saturated carbocycles. The zero-order chi connectivity index (χ0) is 11.7. The van der Waals surface area contributed by atoms with Crippen LogP contribution < -0.4 is 5.69 Å². The maximum Gasteiger partial charge on any atom is 0.338 e. The first kappa shape index (κ1) is 11.0. The number of carbonyl (C=O) groups excluding carboxylic acids is 1. The molecule has 2 rings (SSSR count). The molecular formula is C11H16N2O3. The van der Waals surface area contributed by atoms with E-state index in [1.165, 1.54) is 24.1 Å². The molecule has 0 aromatic carbocycles. The first-order valence-electron chi connectivity index (χ1n) is 5.65. The van der Waals surface area contributed by atoms with Gasteiger partial charge in [0.05, 0.1) is 6.20 Å². The quantitative estimate of drug-likeness (QED) is 0.786. The van der Waals surface area contributed by atoms with Crippen molar-refractivity contribution in [2.45, 2.75) is 45.1 Å². The van der Waals surface area contributed by atoms with Gasteiger partial charge in [-0.15, -0.1) is 0 Å². The predicted molar refractivity (Wildman–Crippen MR) is 58.8 cm³/mol. The van der Waals surface area contributed by atoms with Crippen LogP contribution in [-0.4, -0.2) is 20.1 Å². The van der Waals surface area contributed by atoms with Crippen LogP contribution in [0.4, 0.5) is 0 Å². The Balaban J connectivity index is 2.38. The van der Waals surface area contributed by atoms with Gasteiger partial charge in [0.1, 0.15) is 0 Å². The van der Waals surface area contributed by atoms with Crippen molar-refractivity contribution in [3.8, 4) is 5.88 Å². The van der Waals surface area contributed by atoms with Crippen LogP contribution in [0.25, 0.3) is 0 Å². The second kappa shape index (κ2) is 4.15. The molecule has 1 aromatic heterocycles. The first-order valence-corrected chi connectivity index (χ1v) is 5.65. The molecule has 1 aromatic rings. The first-order chi connectivity index (χ1) is 7.61. The molecule has 88 valence electrons. The second-order valence-corrected chi connectivity index (χ2v) is 4.32. The van der Waals surface area contributed by atoms with Crippen LogP contribution in [0.3, 0.4) is 0 Å². The van der Waals surface area contributed by atoms with E-state index < -0.39 is 11.6 Å². The lowest BCUT2D eigenvalue weighted by atomic mass is 9.95. The number of rotatable bonds is 1. The lowest BCUT2D eigenvalue weighted by Crippen LogP contribution is -2.30. The van der Waals surface area contributed by atoms with E-state index in [0.29, 0.717) is 0 Å². The summed E-state index contributed by atoms with van der Waals surface area (Å²) >= 11 is 0. The molecule has 16 heavy (non-hydrogen) atoms. The molecule has 1 fully saturated rings. The standard InChI is InChI=1S/C11H16N2O3/c1-8(14)13-10(15)7-12(11(13)16)9-5-3-2-4-6-9/h7,9,15H,2-6H2,1H3. The van der Waals surface area contributed by atoms with E-state index in [2.05, 4.69) is 0 Å². The highest BCUT2D eigenvalue weighted by atomic mass is 16.3. The number of nitrogens with zero attached hydrogens (tertiary/aromatic N) is 2. The van der Waals surface area contributed by atoms with Crippen LogP contribution >= 0.6 is 0 Å². The Bertz CT molecular complexity index is 452. The fraction of sp³-hybridized carbons (Fsp3) is 0.636. The van der Waals surface area contributed by atoms with Crippen LogP contribution in [-0.2, 0) is 0 Å². The Kier molecular flexibility index (Phi) is 2.85. The fourth-order valence-electron chi connectivity index (χ4n) is 2.37. The maximum absolute atomic E-state index is 11.9. The number of carbonyl (C=O) groups is 1. The fourth-order valence-corrected chi connectivity index (χ4v) is 2.37. The maximum atomic E-state index is 11.9. The number of aromatic nitrogens is 2. The summed E-state index contributed by atoms with van der Waals surface area (Å²) in [7, 11) is 0. The van der Waals surface area contributed by atoms with Gasteiger partial charge in [-0.1, -0.05) is 19.3 Å². The third kappa shape index (κ3) is 1.77. The Morgan fingerprint density at radius 2 is 2.00 bits per heavy atom. The molecular weight excluding hydrogens is 208 g/mol. The topological polar surface area (TPSA) is 64.2 Å². The molecule has 1 heterocycles. The molecule has 0 radical (unpaired) electrons. The lowest BCUT2D eigenvalue weighted by molar-refractivity contribution is 0.0922. The zero-order valence-corrected chi connectivity index (χ0v) is 9.35. The van der Waals surface area contributed by atoms with Crippen molar-refractivity contribution in [3.63, 3.8) is 0 Å². The highest BCUT2D eigenvalue weighted by molar-refractivity contribution is 5.77. The number of hydrogen-bond donors (Lipinski definition) is 1. The highest BCUT2D eigenvalue weighted by Gasteiger charge is 2.21. The molecule has 5 nitrogen and oxygen atoms in total. The van der Waals surface area contributed by atoms with Crippen LogP contribution in [0, 0.1) is 0 Å². The molecule has 0 atom stereocenters. The summed E-state index contributed by atoms with van der Waals surface area (Å²) < 4.78 is 2.31. The molecule has 0 unspecified atom stereocenters. The van der Waals surface area contributed by atoms with Crippen LogP contribution in [0.5, 0.6) is 5.88 Å². The summed E-state index contributed by atoms with van der Waals surface area (Å²) in [5, 5.41) is 9.53. The summed E-state index contributed by atoms with van der Waals surface area (Å²) in [6, 6.07) is 0.132. The van der Waals surface area contributed by atoms with Gasteiger partial charge < -0.3 is 5.11 Å². The van der Waals surface area contributed by atoms with Gasteiger partial charge in [-0.2, -0.15) is 4.57 Å². The average molecular weight is 224 g/mol. The molecule has 1 N–H and O–H groups in total. The molecule has 0 amide bonds. The average Bonchev–Trinajstić information content (AvgIpc) is 2.55. The summed E-state index contributed by atoms with van der Waals surface area (Å²) in [5.74, 6) is -0.708. The number of hydrogen-bond acceptors (Lipinski definition) is 3.